The Morgan fingerprint density at radius 2 is 1.71 bits per heavy atom. The zero-order chi connectivity index (χ0) is 29.7. The molecule has 2 N–H and O–H groups in total. The number of fused-ring (bicyclic) bond motifs is 1. The highest BCUT2D eigenvalue weighted by atomic mass is 16.5. The van der Waals surface area contributed by atoms with Gasteiger partial charge >= 0.3 is 5.97 Å². The van der Waals surface area contributed by atoms with E-state index in [1.807, 2.05) is 66.7 Å². The van der Waals surface area contributed by atoms with E-state index in [9.17, 15) is 10.1 Å². The molecule has 6 heteroatoms. The quantitative estimate of drug-likeness (QED) is 0.145. The maximum absolute atomic E-state index is 12.6. The highest BCUT2D eigenvalue weighted by Gasteiger charge is 2.31. The molecule has 0 radical (unpaired) electrons. The first-order chi connectivity index (χ1) is 20.2. The molecule has 0 amide bonds. The van der Waals surface area contributed by atoms with Crippen molar-refractivity contribution < 1.29 is 19.0 Å². The first kappa shape index (κ1) is 28.3. The molecular weight excluding hydrogens is 524 g/mol. The van der Waals surface area contributed by atoms with Crippen molar-refractivity contribution in [3.63, 3.8) is 0 Å². The van der Waals surface area contributed by atoms with Crippen LogP contribution in [-0.4, -0.2) is 5.97 Å². The average molecular weight is 557 g/mol. The maximum atomic E-state index is 12.6. The average Bonchev–Trinajstić information content (AvgIpc) is 2.98. The Morgan fingerprint density at radius 3 is 2.43 bits per heavy atom. The first-order valence-electron chi connectivity index (χ1n) is 13.7. The van der Waals surface area contributed by atoms with Crippen LogP contribution in [0.3, 0.4) is 0 Å². The predicted molar refractivity (Wildman–Crippen MR) is 163 cm³/mol. The summed E-state index contributed by atoms with van der Waals surface area (Å²) in [5.41, 5.74) is 11.3. The van der Waals surface area contributed by atoms with Crippen molar-refractivity contribution in [2.75, 3.05) is 0 Å². The molecule has 0 saturated heterocycles. The molecule has 1 heterocycles. The Bertz CT molecular complexity index is 1690. The molecule has 1 unspecified atom stereocenters. The van der Waals surface area contributed by atoms with Gasteiger partial charge in [-0.15, -0.1) is 0 Å². The van der Waals surface area contributed by atoms with E-state index in [0.717, 1.165) is 22.3 Å². The van der Waals surface area contributed by atoms with Gasteiger partial charge in [-0.25, -0.2) is 4.79 Å². The van der Waals surface area contributed by atoms with Crippen molar-refractivity contribution in [1.29, 1.82) is 5.26 Å². The lowest BCUT2D eigenvalue weighted by atomic mass is 9.83. The van der Waals surface area contributed by atoms with Crippen molar-refractivity contribution in [3.05, 3.63) is 142 Å². The second-order valence-electron chi connectivity index (χ2n) is 11.1. The van der Waals surface area contributed by atoms with Crippen LogP contribution in [0.1, 0.15) is 54.5 Å². The Hall–Kier alpha value is -5.28. The molecular formula is C36H32N2O4. The standard InChI is InChI=1S/C36H32N2O4/c1-36(2,3)27-15-12-24(13-16-27)14-19-33(39)41-29-17-18-30-32(21-29)42-35(38)31(22-37)34(30)26-10-7-11-28(20-26)40-23-25-8-5-4-6-9-25/h4-21,34H,23,38H2,1-3H3/b19-14+. The smallest absolute Gasteiger partial charge is 0.336 e. The number of ether oxygens (including phenoxy) is 3. The largest absolute Gasteiger partial charge is 0.489 e. The van der Waals surface area contributed by atoms with Gasteiger partial charge in [0.15, 0.2) is 0 Å². The molecule has 1 aliphatic rings. The summed E-state index contributed by atoms with van der Waals surface area (Å²) in [6, 6.07) is 32.8. The highest BCUT2D eigenvalue weighted by Crippen LogP contribution is 2.44. The van der Waals surface area contributed by atoms with Crippen molar-refractivity contribution in [2.45, 2.75) is 38.7 Å². The molecule has 0 aliphatic carbocycles. The predicted octanol–water partition coefficient (Wildman–Crippen LogP) is 7.40. The third-order valence-electron chi connectivity index (χ3n) is 7.04. The number of rotatable bonds is 7. The van der Waals surface area contributed by atoms with Crippen LogP contribution in [0.15, 0.2) is 115 Å². The van der Waals surface area contributed by atoms with Gasteiger partial charge in [-0.2, -0.15) is 5.26 Å². The van der Waals surface area contributed by atoms with E-state index < -0.39 is 11.9 Å². The summed E-state index contributed by atoms with van der Waals surface area (Å²) in [5, 5.41) is 9.95. The fourth-order valence-electron chi connectivity index (χ4n) is 4.78. The van der Waals surface area contributed by atoms with E-state index in [1.54, 1.807) is 24.3 Å². The number of carbonyl (C=O) groups excluding carboxylic acids is 1. The highest BCUT2D eigenvalue weighted by molar-refractivity contribution is 5.88. The lowest BCUT2D eigenvalue weighted by molar-refractivity contribution is -0.128. The minimum atomic E-state index is -0.522. The summed E-state index contributed by atoms with van der Waals surface area (Å²) >= 11 is 0. The van der Waals surface area contributed by atoms with Gasteiger partial charge in [-0.3, -0.25) is 0 Å². The number of nitrogens with two attached hydrogens (primary N) is 1. The van der Waals surface area contributed by atoms with Crippen molar-refractivity contribution >= 4 is 12.0 Å². The third-order valence-corrected chi connectivity index (χ3v) is 7.04. The zero-order valence-electron chi connectivity index (χ0n) is 23.8. The zero-order valence-corrected chi connectivity index (χ0v) is 23.8. The van der Waals surface area contributed by atoms with E-state index in [-0.39, 0.29) is 11.3 Å². The number of nitrogens with zero attached hydrogens (tertiary/aromatic N) is 1. The van der Waals surface area contributed by atoms with E-state index >= 15 is 0 Å². The molecule has 0 bridgehead atoms. The number of esters is 1. The SMILES string of the molecule is CC(C)(C)c1ccc(/C=C/C(=O)Oc2ccc3c(c2)OC(N)=C(C#N)C3c2cccc(OCc3ccccc3)c2)cc1. The molecule has 42 heavy (non-hydrogen) atoms. The Balaban J connectivity index is 1.33. The monoisotopic (exact) mass is 556 g/mol. The molecule has 1 atom stereocenters. The summed E-state index contributed by atoms with van der Waals surface area (Å²) in [6.07, 6.45) is 3.10. The Kier molecular flexibility index (Phi) is 8.12. The summed E-state index contributed by atoms with van der Waals surface area (Å²) in [7, 11) is 0. The van der Waals surface area contributed by atoms with E-state index in [1.165, 1.54) is 11.6 Å². The van der Waals surface area contributed by atoms with Crippen LogP contribution < -0.4 is 19.9 Å². The van der Waals surface area contributed by atoms with E-state index in [4.69, 9.17) is 19.9 Å². The number of carbonyl (C=O) groups is 1. The van der Waals surface area contributed by atoms with Crippen LogP contribution >= 0.6 is 0 Å². The van der Waals surface area contributed by atoms with Crippen LogP contribution in [0.4, 0.5) is 0 Å². The summed E-state index contributed by atoms with van der Waals surface area (Å²) in [5.74, 6) is 0.405. The molecule has 4 aromatic rings. The maximum Gasteiger partial charge on any atom is 0.336 e. The molecule has 0 spiro atoms. The summed E-state index contributed by atoms with van der Waals surface area (Å²) < 4.78 is 17.4. The minimum Gasteiger partial charge on any atom is -0.489 e. The lowest BCUT2D eigenvalue weighted by Crippen LogP contribution is -2.21. The molecule has 0 saturated carbocycles. The van der Waals surface area contributed by atoms with Gasteiger partial charge in [-0.1, -0.05) is 93.6 Å². The van der Waals surface area contributed by atoms with Crippen molar-refractivity contribution in [3.8, 4) is 23.3 Å². The van der Waals surface area contributed by atoms with E-state index in [2.05, 4.69) is 39.0 Å². The first-order valence-corrected chi connectivity index (χ1v) is 13.7. The second-order valence-corrected chi connectivity index (χ2v) is 11.1. The number of allylic oxidation sites excluding steroid dienone is 1. The fourth-order valence-corrected chi connectivity index (χ4v) is 4.78. The van der Waals surface area contributed by atoms with Crippen LogP contribution in [0.2, 0.25) is 0 Å². The molecule has 0 aromatic heterocycles. The van der Waals surface area contributed by atoms with Crippen LogP contribution in [-0.2, 0) is 16.8 Å². The van der Waals surface area contributed by atoms with Gasteiger partial charge in [0.25, 0.3) is 0 Å². The van der Waals surface area contributed by atoms with Gasteiger partial charge in [-0.05, 0) is 51.9 Å². The van der Waals surface area contributed by atoms with Gasteiger partial charge in [0, 0.05) is 17.7 Å². The van der Waals surface area contributed by atoms with Gasteiger partial charge in [0.1, 0.15) is 35.5 Å². The summed E-state index contributed by atoms with van der Waals surface area (Å²) in [4.78, 5) is 12.6. The van der Waals surface area contributed by atoms with Gasteiger partial charge in [0.05, 0.1) is 5.92 Å². The van der Waals surface area contributed by atoms with Crippen LogP contribution in [0, 0.1) is 11.3 Å². The Morgan fingerprint density at radius 1 is 0.952 bits per heavy atom. The summed E-state index contributed by atoms with van der Waals surface area (Å²) in [6.45, 7) is 6.89. The van der Waals surface area contributed by atoms with Gasteiger partial charge in [0.2, 0.25) is 5.88 Å². The molecule has 1 aliphatic heterocycles. The van der Waals surface area contributed by atoms with Crippen LogP contribution in [0.5, 0.6) is 17.2 Å². The number of hydrogen-bond donors (Lipinski definition) is 1. The second kappa shape index (κ2) is 12.1. The Labute approximate surface area is 246 Å². The number of benzene rings is 4. The number of hydrogen-bond acceptors (Lipinski definition) is 6. The fraction of sp³-hybridized carbons (Fsp3) is 0.167. The topological polar surface area (TPSA) is 94.6 Å². The molecule has 6 nitrogen and oxygen atoms in total. The molecule has 210 valence electrons. The normalized spacial score (nSPS) is 14.6. The molecule has 0 fully saturated rings. The van der Waals surface area contributed by atoms with Crippen molar-refractivity contribution in [2.24, 2.45) is 5.73 Å². The lowest BCUT2D eigenvalue weighted by Gasteiger charge is -2.27. The van der Waals surface area contributed by atoms with Gasteiger partial charge < -0.3 is 19.9 Å². The van der Waals surface area contributed by atoms with Crippen LogP contribution in [0.25, 0.3) is 6.08 Å². The number of nitriles is 1. The molecule has 4 aromatic carbocycles. The third kappa shape index (κ3) is 6.54. The van der Waals surface area contributed by atoms with E-state index in [0.29, 0.717) is 29.4 Å². The minimum absolute atomic E-state index is 0.00711. The van der Waals surface area contributed by atoms with Crippen molar-refractivity contribution in [1.82, 2.24) is 0 Å². The molecule has 5 rings (SSSR count).